The summed E-state index contributed by atoms with van der Waals surface area (Å²) in [7, 11) is 0. The van der Waals surface area contributed by atoms with Gasteiger partial charge in [-0.05, 0) is 44.2 Å². The van der Waals surface area contributed by atoms with Crippen LogP contribution in [-0.2, 0) is 11.2 Å². The van der Waals surface area contributed by atoms with E-state index in [0.29, 0.717) is 37.6 Å². The van der Waals surface area contributed by atoms with Gasteiger partial charge in [0.1, 0.15) is 0 Å². The molecule has 8 nitrogen and oxygen atoms in total. The van der Waals surface area contributed by atoms with Crippen molar-refractivity contribution in [3.8, 4) is 5.82 Å². The first-order valence-corrected chi connectivity index (χ1v) is 9.98. The van der Waals surface area contributed by atoms with E-state index in [1.807, 2.05) is 38.1 Å². The van der Waals surface area contributed by atoms with Crippen molar-refractivity contribution in [2.75, 3.05) is 26.2 Å². The standard InChI is InChI=1S/C22H24N6O2/c1-16-13-17(2)28(25-16)20-7-6-18(15-24-20)22(30)27-11-9-26(10-12-27)21(29)14-19-5-3-4-8-23-19/h3-8,13,15H,9-12,14H2,1-2H3. The van der Waals surface area contributed by atoms with Crippen molar-refractivity contribution in [2.45, 2.75) is 20.3 Å². The van der Waals surface area contributed by atoms with Crippen LogP contribution in [0.4, 0.5) is 0 Å². The SMILES string of the molecule is Cc1cc(C)n(-c2ccc(C(=O)N3CCN(C(=O)Cc4ccccn4)CC3)cn2)n1. The Hall–Kier alpha value is -3.55. The predicted octanol–water partition coefficient (Wildman–Crippen LogP) is 1.81. The summed E-state index contributed by atoms with van der Waals surface area (Å²) in [4.78, 5) is 37.5. The van der Waals surface area contributed by atoms with Gasteiger partial charge in [-0.2, -0.15) is 5.10 Å². The first-order valence-electron chi connectivity index (χ1n) is 9.98. The summed E-state index contributed by atoms with van der Waals surface area (Å²) in [6.45, 7) is 5.96. The molecule has 2 amide bonds. The van der Waals surface area contributed by atoms with E-state index in [0.717, 1.165) is 17.1 Å². The fraction of sp³-hybridized carbons (Fsp3) is 0.318. The number of aryl methyl sites for hydroxylation is 2. The molecule has 0 atom stereocenters. The minimum absolute atomic E-state index is 0.0386. The molecule has 0 N–H and O–H groups in total. The Morgan fingerprint density at radius 3 is 2.33 bits per heavy atom. The Morgan fingerprint density at radius 1 is 0.967 bits per heavy atom. The third-order valence-corrected chi connectivity index (χ3v) is 5.20. The molecular weight excluding hydrogens is 380 g/mol. The molecular formula is C22H24N6O2. The second-order valence-corrected chi connectivity index (χ2v) is 7.41. The van der Waals surface area contributed by atoms with Crippen molar-refractivity contribution in [3.05, 3.63) is 71.4 Å². The number of carbonyl (C=O) groups is 2. The topological polar surface area (TPSA) is 84.2 Å². The van der Waals surface area contributed by atoms with Crippen LogP contribution in [0.15, 0.2) is 48.8 Å². The maximum atomic E-state index is 12.8. The lowest BCUT2D eigenvalue weighted by Crippen LogP contribution is -2.51. The molecule has 1 aliphatic rings. The highest BCUT2D eigenvalue weighted by molar-refractivity contribution is 5.94. The van der Waals surface area contributed by atoms with E-state index >= 15 is 0 Å². The van der Waals surface area contributed by atoms with Crippen molar-refractivity contribution in [2.24, 2.45) is 0 Å². The van der Waals surface area contributed by atoms with E-state index in [1.54, 1.807) is 39.0 Å². The lowest BCUT2D eigenvalue weighted by molar-refractivity contribution is -0.132. The fourth-order valence-electron chi connectivity index (χ4n) is 3.61. The van der Waals surface area contributed by atoms with Crippen LogP contribution in [-0.4, -0.2) is 67.5 Å². The Balaban J connectivity index is 1.35. The maximum absolute atomic E-state index is 12.8. The molecule has 4 heterocycles. The largest absolute Gasteiger partial charge is 0.339 e. The molecule has 8 heteroatoms. The summed E-state index contributed by atoms with van der Waals surface area (Å²) in [5.41, 5.74) is 3.21. The molecule has 0 aliphatic carbocycles. The van der Waals surface area contributed by atoms with E-state index in [2.05, 4.69) is 15.1 Å². The summed E-state index contributed by atoms with van der Waals surface area (Å²) in [6, 6.07) is 11.1. The van der Waals surface area contributed by atoms with Crippen LogP contribution in [0.25, 0.3) is 5.82 Å². The third-order valence-electron chi connectivity index (χ3n) is 5.20. The van der Waals surface area contributed by atoms with Crippen LogP contribution < -0.4 is 0 Å². The zero-order valence-electron chi connectivity index (χ0n) is 17.2. The lowest BCUT2D eigenvalue weighted by Gasteiger charge is -2.34. The Bertz CT molecular complexity index is 1040. The molecule has 0 bridgehead atoms. The average molecular weight is 404 g/mol. The molecule has 30 heavy (non-hydrogen) atoms. The summed E-state index contributed by atoms with van der Waals surface area (Å²) in [5, 5.41) is 4.42. The van der Waals surface area contributed by atoms with Gasteiger partial charge >= 0.3 is 0 Å². The van der Waals surface area contributed by atoms with Gasteiger partial charge in [0.25, 0.3) is 5.91 Å². The molecule has 0 unspecified atom stereocenters. The van der Waals surface area contributed by atoms with Crippen molar-refractivity contribution in [1.29, 1.82) is 0 Å². The number of hydrogen-bond acceptors (Lipinski definition) is 5. The second-order valence-electron chi connectivity index (χ2n) is 7.41. The van der Waals surface area contributed by atoms with Gasteiger partial charge in [-0.3, -0.25) is 14.6 Å². The molecule has 3 aromatic heterocycles. The predicted molar refractivity (Wildman–Crippen MR) is 111 cm³/mol. The van der Waals surface area contributed by atoms with Crippen molar-refractivity contribution in [1.82, 2.24) is 29.5 Å². The average Bonchev–Trinajstić information content (AvgIpc) is 3.12. The number of aromatic nitrogens is 4. The van der Waals surface area contributed by atoms with E-state index < -0.39 is 0 Å². The molecule has 0 saturated carbocycles. The van der Waals surface area contributed by atoms with E-state index in [4.69, 9.17) is 0 Å². The number of nitrogens with zero attached hydrogens (tertiary/aromatic N) is 6. The van der Waals surface area contributed by atoms with Gasteiger partial charge in [-0.15, -0.1) is 0 Å². The molecule has 154 valence electrons. The summed E-state index contributed by atoms with van der Waals surface area (Å²) >= 11 is 0. The summed E-state index contributed by atoms with van der Waals surface area (Å²) in [5.74, 6) is 0.651. The number of piperazine rings is 1. The number of pyridine rings is 2. The van der Waals surface area contributed by atoms with Gasteiger partial charge < -0.3 is 9.80 Å². The van der Waals surface area contributed by atoms with Gasteiger partial charge in [0.05, 0.1) is 17.7 Å². The van der Waals surface area contributed by atoms with Crippen LogP contribution in [0.1, 0.15) is 27.4 Å². The van der Waals surface area contributed by atoms with E-state index in [-0.39, 0.29) is 18.2 Å². The Kier molecular flexibility index (Phi) is 5.56. The van der Waals surface area contributed by atoms with Crippen LogP contribution >= 0.6 is 0 Å². The molecule has 3 aromatic rings. The highest BCUT2D eigenvalue weighted by Crippen LogP contribution is 2.13. The van der Waals surface area contributed by atoms with Crippen LogP contribution in [0.3, 0.4) is 0 Å². The Morgan fingerprint density at radius 2 is 1.73 bits per heavy atom. The minimum atomic E-state index is -0.0701. The van der Waals surface area contributed by atoms with E-state index in [9.17, 15) is 9.59 Å². The van der Waals surface area contributed by atoms with Gasteiger partial charge in [0.2, 0.25) is 5.91 Å². The molecule has 0 radical (unpaired) electrons. The zero-order valence-corrected chi connectivity index (χ0v) is 17.2. The number of hydrogen-bond donors (Lipinski definition) is 0. The molecule has 0 aromatic carbocycles. The van der Waals surface area contributed by atoms with Crippen molar-refractivity contribution < 1.29 is 9.59 Å². The number of rotatable bonds is 4. The van der Waals surface area contributed by atoms with Crippen molar-refractivity contribution in [3.63, 3.8) is 0 Å². The highest BCUT2D eigenvalue weighted by Gasteiger charge is 2.25. The summed E-state index contributed by atoms with van der Waals surface area (Å²) in [6.07, 6.45) is 3.56. The maximum Gasteiger partial charge on any atom is 0.255 e. The molecule has 4 rings (SSSR count). The first kappa shape index (κ1) is 19.8. The normalized spacial score (nSPS) is 14.1. The van der Waals surface area contributed by atoms with Crippen molar-refractivity contribution >= 4 is 11.8 Å². The minimum Gasteiger partial charge on any atom is -0.339 e. The molecule has 0 spiro atoms. The van der Waals surface area contributed by atoms with Crippen LogP contribution in [0.2, 0.25) is 0 Å². The second kappa shape index (κ2) is 8.44. The number of amides is 2. The Labute approximate surface area is 175 Å². The lowest BCUT2D eigenvalue weighted by atomic mass is 10.2. The molecule has 1 saturated heterocycles. The smallest absolute Gasteiger partial charge is 0.255 e. The molecule has 1 fully saturated rings. The fourth-order valence-corrected chi connectivity index (χ4v) is 3.61. The monoisotopic (exact) mass is 404 g/mol. The van der Waals surface area contributed by atoms with Gasteiger partial charge in [-0.1, -0.05) is 6.07 Å². The van der Waals surface area contributed by atoms with Crippen LogP contribution in [0, 0.1) is 13.8 Å². The van der Waals surface area contributed by atoms with Gasteiger partial charge in [0.15, 0.2) is 5.82 Å². The number of carbonyl (C=O) groups excluding carboxylic acids is 2. The van der Waals surface area contributed by atoms with E-state index in [1.165, 1.54) is 0 Å². The van der Waals surface area contributed by atoms with Crippen LogP contribution in [0.5, 0.6) is 0 Å². The third kappa shape index (κ3) is 4.22. The highest BCUT2D eigenvalue weighted by atomic mass is 16.2. The summed E-state index contributed by atoms with van der Waals surface area (Å²) < 4.78 is 1.76. The zero-order chi connectivity index (χ0) is 21.1. The molecule has 1 aliphatic heterocycles. The first-order chi connectivity index (χ1) is 14.5. The van der Waals surface area contributed by atoms with Gasteiger partial charge in [-0.25, -0.2) is 9.67 Å². The van der Waals surface area contributed by atoms with Gasteiger partial charge in [0, 0.05) is 50.0 Å². The quantitative estimate of drug-likeness (QED) is 0.662.